The predicted octanol–water partition coefficient (Wildman–Crippen LogP) is 2.86. The third-order valence-electron chi connectivity index (χ3n) is 3.78. The first kappa shape index (κ1) is 17.8. The molecule has 0 bridgehead atoms. The summed E-state index contributed by atoms with van der Waals surface area (Å²) < 4.78 is 24.4. The molecule has 0 radical (unpaired) electrons. The number of benzene rings is 2. The van der Waals surface area contributed by atoms with Crippen molar-refractivity contribution in [1.82, 2.24) is 0 Å². The number of nitrogens with one attached hydrogen (secondary N) is 1. The standard InChI is InChI=1S/C18H21BrFNO2/c1-21(12-14-4-6-16(20)15(19)10-14)9-8-13-5-7-17(22-2)18(11-13)23-3/h4-7,10-11H,8-9,12H2,1-3H3/p+1. The first-order valence-corrected chi connectivity index (χ1v) is 8.29. The molecule has 3 nitrogen and oxygen atoms in total. The minimum absolute atomic E-state index is 0.225. The van der Waals surface area contributed by atoms with Gasteiger partial charge in [0.25, 0.3) is 0 Å². The second-order valence-electron chi connectivity index (χ2n) is 5.57. The highest BCUT2D eigenvalue weighted by Crippen LogP contribution is 2.27. The van der Waals surface area contributed by atoms with Gasteiger partial charge in [-0.05, 0) is 45.8 Å². The fraction of sp³-hybridized carbons (Fsp3) is 0.333. The molecule has 1 unspecified atom stereocenters. The lowest BCUT2D eigenvalue weighted by atomic mass is 10.1. The molecule has 0 aliphatic rings. The monoisotopic (exact) mass is 382 g/mol. The zero-order chi connectivity index (χ0) is 16.8. The van der Waals surface area contributed by atoms with Crippen molar-refractivity contribution in [2.24, 2.45) is 0 Å². The first-order valence-electron chi connectivity index (χ1n) is 7.49. The molecule has 0 saturated heterocycles. The van der Waals surface area contributed by atoms with Crippen LogP contribution in [0.5, 0.6) is 11.5 Å². The lowest BCUT2D eigenvalue weighted by molar-refractivity contribution is -0.893. The number of halogens is 2. The highest BCUT2D eigenvalue weighted by molar-refractivity contribution is 9.10. The minimum Gasteiger partial charge on any atom is -0.493 e. The van der Waals surface area contributed by atoms with Crippen LogP contribution in [0.1, 0.15) is 11.1 Å². The van der Waals surface area contributed by atoms with Crippen molar-refractivity contribution in [3.63, 3.8) is 0 Å². The van der Waals surface area contributed by atoms with Gasteiger partial charge in [0.05, 0.1) is 32.3 Å². The van der Waals surface area contributed by atoms with Gasteiger partial charge in [-0.15, -0.1) is 0 Å². The first-order chi connectivity index (χ1) is 11.0. The Bertz CT molecular complexity index is 663. The number of methoxy groups -OCH3 is 2. The van der Waals surface area contributed by atoms with Gasteiger partial charge in [-0.1, -0.05) is 12.1 Å². The molecular weight excluding hydrogens is 361 g/mol. The lowest BCUT2D eigenvalue weighted by Gasteiger charge is -2.15. The van der Waals surface area contributed by atoms with Crippen LogP contribution in [0.15, 0.2) is 40.9 Å². The number of rotatable bonds is 7. The molecule has 5 heteroatoms. The molecular formula is C18H22BrFNO2+. The topological polar surface area (TPSA) is 22.9 Å². The van der Waals surface area contributed by atoms with E-state index in [0.29, 0.717) is 4.47 Å². The van der Waals surface area contributed by atoms with E-state index in [0.717, 1.165) is 36.6 Å². The fourth-order valence-electron chi connectivity index (χ4n) is 2.48. The molecule has 0 fully saturated rings. The predicted molar refractivity (Wildman–Crippen MR) is 92.8 cm³/mol. The SMILES string of the molecule is COc1ccc(CC[NH+](C)Cc2ccc(F)c(Br)c2)cc1OC. The Balaban J connectivity index is 1.93. The van der Waals surface area contributed by atoms with Crippen LogP contribution < -0.4 is 14.4 Å². The van der Waals surface area contributed by atoms with Crippen LogP contribution in [0.4, 0.5) is 4.39 Å². The fourth-order valence-corrected chi connectivity index (χ4v) is 2.91. The number of hydrogen-bond donors (Lipinski definition) is 1. The number of hydrogen-bond acceptors (Lipinski definition) is 2. The molecule has 1 N–H and O–H groups in total. The largest absolute Gasteiger partial charge is 0.493 e. The van der Waals surface area contributed by atoms with E-state index in [-0.39, 0.29) is 5.82 Å². The molecule has 1 atom stereocenters. The summed E-state index contributed by atoms with van der Waals surface area (Å²) >= 11 is 3.23. The Labute approximate surface area is 145 Å². The van der Waals surface area contributed by atoms with E-state index in [9.17, 15) is 4.39 Å². The summed E-state index contributed by atoms with van der Waals surface area (Å²) in [5.74, 6) is 1.27. The summed E-state index contributed by atoms with van der Waals surface area (Å²) in [6, 6.07) is 11.2. The van der Waals surface area contributed by atoms with Gasteiger partial charge in [-0.25, -0.2) is 4.39 Å². The molecule has 0 spiro atoms. The van der Waals surface area contributed by atoms with E-state index in [4.69, 9.17) is 9.47 Å². The lowest BCUT2D eigenvalue weighted by Crippen LogP contribution is -3.07. The van der Waals surface area contributed by atoms with Gasteiger partial charge in [0.1, 0.15) is 12.4 Å². The van der Waals surface area contributed by atoms with Crippen LogP contribution in [0.3, 0.4) is 0 Å². The number of likely N-dealkylation sites (N-methyl/N-ethyl adjacent to an activating group) is 1. The summed E-state index contributed by atoms with van der Waals surface area (Å²) in [7, 11) is 5.42. The maximum absolute atomic E-state index is 13.3. The second kappa shape index (κ2) is 8.31. The average Bonchev–Trinajstić information content (AvgIpc) is 2.56. The average molecular weight is 383 g/mol. The van der Waals surface area contributed by atoms with E-state index < -0.39 is 0 Å². The van der Waals surface area contributed by atoms with Crippen molar-refractivity contribution in [2.75, 3.05) is 27.8 Å². The van der Waals surface area contributed by atoms with Gasteiger partial charge >= 0.3 is 0 Å². The third kappa shape index (κ3) is 4.94. The molecule has 124 valence electrons. The van der Waals surface area contributed by atoms with E-state index in [1.807, 2.05) is 24.3 Å². The second-order valence-corrected chi connectivity index (χ2v) is 6.43. The smallest absolute Gasteiger partial charge is 0.160 e. The van der Waals surface area contributed by atoms with Crippen molar-refractivity contribution in [3.8, 4) is 11.5 Å². The minimum atomic E-state index is -0.225. The zero-order valence-corrected chi connectivity index (χ0v) is 15.2. The van der Waals surface area contributed by atoms with Crippen molar-refractivity contribution >= 4 is 15.9 Å². The van der Waals surface area contributed by atoms with Crippen molar-refractivity contribution < 1.29 is 18.8 Å². The molecule has 0 aliphatic carbocycles. The Kier molecular flexibility index (Phi) is 6.42. The summed E-state index contributed by atoms with van der Waals surface area (Å²) in [5.41, 5.74) is 2.32. The van der Waals surface area contributed by atoms with E-state index in [1.165, 1.54) is 16.5 Å². The summed E-state index contributed by atoms with van der Waals surface area (Å²) in [6.45, 7) is 1.83. The van der Waals surface area contributed by atoms with Crippen LogP contribution in [-0.4, -0.2) is 27.8 Å². The normalized spacial score (nSPS) is 12.0. The highest BCUT2D eigenvalue weighted by Gasteiger charge is 2.09. The molecule has 0 heterocycles. The molecule has 2 rings (SSSR count). The Morgan fingerprint density at radius 1 is 1.00 bits per heavy atom. The maximum Gasteiger partial charge on any atom is 0.160 e. The van der Waals surface area contributed by atoms with Crippen molar-refractivity contribution in [1.29, 1.82) is 0 Å². The van der Waals surface area contributed by atoms with Crippen LogP contribution in [-0.2, 0) is 13.0 Å². The Hall–Kier alpha value is -1.59. The number of ether oxygens (including phenoxy) is 2. The summed E-state index contributed by atoms with van der Waals surface area (Å²) in [6.07, 6.45) is 0.939. The Morgan fingerprint density at radius 3 is 2.35 bits per heavy atom. The maximum atomic E-state index is 13.3. The molecule has 2 aromatic rings. The molecule has 2 aromatic carbocycles. The molecule has 0 amide bonds. The summed E-state index contributed by atoms with van der Waals surface area (Å²) in [5, 5.41) is 0. The Morgan fingerprint density at radius 2 is 1.70 bits per heavy atom. The van der Waals surface area contributed by atoms with Gasteiger partial charge in [0, 0.05) is 12.0 Å². The van der Waals surface area contributed by atoms with Gasteiger partial charge in [0.2, 0.25) is 0 Å². The van der Waals surface area contributed by atoms with E-state index in [1.54, 1.807) is 14.2 Å². The quantitative estimate of drug-likeness (QED) is 0.795. The van der Waals surface area contributed by atoms with Crippen LogP contribution >= 0.6 is 15.9 Å². The molecule has 0 saturated carbocycles. The summed E-state index contributed by atoms with van der Waals surface area (Å²) in [4.78, 5) is 1.36. The van der Waals surface area contributed by atoms with Crippen LogP contribution in [0.2, 0.25) is 0 Å². The van der Waals surface area contributed by atoms with Crippen molar-refractivity contribution in [2.45, 2.75) is 13.0 Å². The highest BCUT2D eigenvalue weighted by atomic mass is 79.9. The van der Waals surface area contributed by atoms with Gasteiger partial charge < -0.3 is 14.4 Å². The third-order valence-corrected chi connectivity index (χ3v) is 4.39. The van der Waals surface area contributed by atoms with Gasteiger partial charge in [-0.2, -0.15) is 0 Å². The molecule has 23 heavy (non-hydrogen) atoms. The molecule has 0 aromatic heterocycles. The number of quaternary nitrogens is 1. The van der Waals surface area contributed by atoms with Crippen LogP contribution in [0.25, 0.3) is 0 Å². The van der Waals surface area contributed by atoms with Crippen LogP contribution in [0, 0.1) is 5.82 Å². The molecule has 0 aliphatic heterocycles. The van der Waals surface area contributed by atoms with E-state index in [2.05, 4.69) is 29.0 Å². The van der Waals surface area contributed by atoms with E-state index >= 15 is 0 Å². The van der Waals surface area contributed by atoms with Crippen molar-refractivity contribution in [3.05, 3.63) is 57.8 Å². The van der Waals surface area contributed by atoms with Gasteiger partial charge in [0.15, 0.2) is 11.5 Å². The van der Waals surface area contributed by atoms with Gasteiger partial charge in [-0.3, -0.25) is 0 Å². The zero-order valence-electron chi connectivity index (χ0n) is 13.7.